The van der Waals surface area contributed by atoms with Crippen molar-refractivity contribution in [3.63, 3.8) is 0 Å². The van der Waals surface area contributed by atoms with Gasteiger partial charge in [-0.3, -0.25) is 4.79 Å². The molecule has 0 aliphatic heterocycles. The summed E-state index contributed by atoms with van der Waals surface area (Å²) >= 11 is 1.73. The van der Waals surface area contributed by atoms with Gasteiger partial charge in [0.05, 0.1) is 5.56 Å². The van der Waals surface area contributed by atoms with Crippen LogP contribution in [-0.2, 0) is 10.5 Å². The van der Waals surface area contributed by atoms with Crippen LogP contribution in [-0.4, -0.2) is 27.9 Å². The van der Waals surface area contributed by atoms with E-state index in [4.69, 9.17) is 10.2 Å². The number of rotatable bonds is 8. The Kier molecular flexibility index (Phi) is 6.28. The van der Waals surface area contributed by atoms with E-state index in [2.05, 4.69) is 0 Å². The van der Waals surface area contributed by atoms with E-state index in [0.29, 0.717) is 12.0 Å². The molecule has 0 saturated carbocycles. The quantitative estimate of drug-likeness (QED) is 0.709. The molecular weight excluding hydrogens is 252 g/mol. The number of carboxylic acids is 2. The molecule has 1 rings (SSSR count). The van der Waals surface area contributed by atoms with Gasteiger partial charge in [0.1, 0.15) is 0 Å². The molecule has 18 heavy (non-hydrogen) atoms. The van der Waals surface area contributed by atoms with Gasteiger partial charge in [-0.15, -0.1) is 0 Å². The van der Waals surface area contributed by atoms with Crippen LogP contribution in [0.2, 0.25) is 0 Å². The van der Waals surface area contributed by atoms with E-state index < -0.39 is 11.9 Å². The third kappa shape index (κ3) is 5.72. The van der Waals surface area contributed by atoms with Gasteiger partial charge >= 0.3 is 11.9 Å². The molecule has 0 heterocycles. The van der Waals surface area contributed by atoms with Crippen molar-refractivity contribution in [3.05, 3.63) is 35.4 Å². The first-order valence-corrected chi connectivity index (χ1v) is 6.87. The summed E-state index contributed by atoms with van der Waals surface area (Å²) in [6, 6.07) is 6.83. The van der Waals surface area contributed by atoms with Crippen molar-refractivity contribution in [1.82, 2.24) is 0 Å². The van der Waals surface area contributed by atoms with Crippen LogP contribution in [0.15, 0.2) is 24.3 Å². The summed E-state index contributed by atoms with van der Waals surface area (Å²) in [5.74, 6) is 0.0909. The zero-order valence-corrected chi connectivity index (χ0v) is 10.8. The van der Waals surface area contributed by atoms with Crippen molar-refractivity contribution in [2.45, 2.75) is 25.0 Å². The molecule has 2 N–H and O–H groups in total. The largest absolute Gasteiger partial charge is 0.481 e. The number of carboxylic acid groups (broad SMARTS) is 2. The lowest BCUT2D eigenvalue weighted by Gasteiger charge is -2.02. The standard InChI is InChI=1S/C13H16O4S/c14-12(15)3-1-2-8-18-9-10-4-6-11(7-5-10)13(16)17/h4-7H,1-3,8-9H2,(H,14,15)(H,16,17). The summed E-state index contributed by atoms with van der Waals surface area (Å²) in [7, 11) is 0. The van der Waals surface area contributed by atoms with Crippen LogP contribution >= 0.6 is 11.8 Å². The molecule has 0 aromatic heterocycles. The van der Waals surface area contributed by atoms with Gasteiger partial charge in [-0.2, -0.15) is 11.8 Å². The van der Waals surface area contributed by atoms with Gasteiger partial charge in [-0.25, -0.2) is 4.79 Å². The number of aromatic carboxylic acids is 1. The Morgan fingerprint density at radius 1 is 1.06 bits per heavy atom. The molecule has 5 heteroatoms. The van der Waals surface area contributed by atoms with E-state index in [1.165, 1.54) is 0 Å². The first-order chi connectivity index (χ1) is 8.59. The first kappa shape index (κ1) is 14.6. The summed E-state index contributed by atoms with van der Waals surface area (Å²) in [6.07, 6.45) is 1.83. The molecule has 1 aromatic carbocycles. The average Bonchev–Trinajstić information content (AvgIpc) is 2.34. The van der Waals surface area contributed by atoms with Gasteiger partial charge in [0, 0.05) is 12.2 Å². The third-order valence-corrected chi connectivity index (χ3v) is 3.51. The minimum absolute atomic E-state index is 0.230. The second kappa shape index (κ2) is 7.76. The molecule has 0 atom stereocenters. The molecule has 98 valence electrons. The van der Waals surface area contributed by atoms with Crippen molar-refractivity contribution in [2.24, 2.45) is 0 Å². The fourth-order valence-electron chi connectivity index (χ4n) is 1.41. The summed E-state index contributed by atoms with van der Waals surface area (Å²) in [6.45, 7) is 0. The van der Waals surface area contributed by atoms with Crippen molar-refractivity contribution < 1.29 is 19.8 Å². The Labute approximate surface area is 110 Å². The van der Waals surface area contributed by atoms with Crippen LogP contribution in [0.3, 0.4) is 0 Å². The van der Waals surface area contributed by atoms with Gasteiger partial charge in [0.25, 0.3) is 0 Å². The first-order valence-electron chi connectivity index (χ1n) is 5.71. The maximum atomic E-state index is 10.6. The van der Waals surface area contributed by atoms with Gasteiger partial charge in [0.15, 0.2) is 0 Å². The van der Waals surface area contributed by atoms with E-state index >= 15 is 0 Å². The molecule has 0 aliphatic rings. The summed E-state index contributed by atoms with van der Waals surface area (Å²) in [4.78, 5) is 20.9. The Hall–Kier alpha value is -1.49. The Bertz CT molecular complexity index is 400. The zero-order valence-electron chi connectivity index (χ0n) is 9.96. The number of benzene rings is 1. The molecule has 0 amide bonds. The average molecular weight is 268 g/mol. The second-order valence-electron chi connectivity index (χ2n) is 3.91. The van der Waals surface area contributed by atoms with Crippen LogP contribution in [0, 0.1) is 0 Å². The van der Waals surface area contributed by atoms with E-state index in [9.17, 15) is 9.59 Å². The summed E-state index contributed by atoms with van der Waals surface area (Å²) in [5.41, 5.74) is 1.38. The van der Waals surface area contributed by atoms with E-state index in [0.717, 1.165) is 23.5 Å². The van der Waals surface area contributed by atoms with Crippen LogP contribution in [0.4, 0.5) is 0 Å². The predicted octanol–water partition coefficient (Wildman–Crippen LogP) is 2.87. The normalized spacial score (nSPS) is 10.2. The van der Waals surface area contributed by atoms with E-state index in [1.54, 1.807) is 23.9 Å². The molecule has 0 unspecified atom stereocenters. The lowest BCUT2D eigenvalue weighted by atomic mass is 10.1. The number of hydrogen-bond donors (Lipinski definition) is 2. The molecule has 0 spiro atoms. The van der Waals surface area contributed by atoms with Crippen molar-refractivity contribution in [2.75, 3.05) is 5.75 Å². The smallest absolute Gasteiger partial charge is 0.335 e. The molecular formula is C13H16O4S. The SMILES string of the molecule is O=C(O)CCCCSCc1ccc(C(=O)O)cc1. The number of hydrogen-bond acceptors (Lipinski definition) is 3. The van der Waals surface area contributed by atoms with E-state index in [1.807, 2.05) is 12.1 Å². The third-order valence-electron chi connectivity index (χ3n) is 2.40. The highest BCUT2D eigenvalue weighted by Gasteiger charge is 2.02. The molecule has 0 saturated heterocycles. The monoisotopic (exact) mass is 268 g/mol. The van der Waals surface area contributed by atoms with Gasteiger partial charge in [-0.05, 0) is 36.3 Å². The summed E-state index contributed by atoms with van der Waals surface area (Å²) < 4.78 is 0. The molecule has 0 aliphatic carbocycles. The maximum absolute atomic E-state index is 10.6. The lowest BCUT2D eigenvalue weighted by Crippen LogP contribution is -1.96. The Morgan fingerprint density at radius 2 is 1.72 bits per heavy atom. The van der Waals surface area contributed by atoms with E-state index in [-0.39, 0.29) is 6.42 Å². The molecule has 0 radical (unpaired) electrons. The highest BCUT2D eigenvalue weighted by molar-refractivity contribution is 7.98. The molecule has 0 bridgehead atoms. The fraction of sp³-hybridized carbons (Fsp3) is 0.385. The Morgan fingerprint density at radius 3 is 2.28 bits per heavy atom. The summed E-state index contributed by atoms with van der Waals surface area (Å²) in [5, 5.41) is 17.2. The van der Waals surface area contributed by atoms with Crippen LogP contribution in [0.5, 0.6) is 0 Å². The van der Waals surface area contributed by atoms with Crippen LogP contribution in [0.25, 0.3) is 0 Å². The lowest BCUT2D eigenvalue weighted by molar-refractivity contribution is -0.137. The number of unbranched alkanes of at least 4 members (excludes halogenated alkanes) is 1. The topological polar surface area (TPSA) is 74.6 Å². The molecule has 0 fully saturated rings. The number of carbonyl (C=O) groups is 2. The van der Waals surface area contributed by atoms with Gasteiger partial charge in [0.2, 0.25) is 0 Å². The van der Waals surface area contributed by atoms with Crippen molar-refractivity contribution in [1.29, 1.82) is 0 Å². The highest BCUT2D eigenvalue weighted by Crippen LogP contribution is 2.15. The second-order valence-corrected chi connectivity index (χ2v) is 5.01. The van der Waals surface area contributed by atoms with Gasteiger partial charge < -0.3 is 10.2 Å². The molecule has 4 nitrogen and oxygen atoms in total. The predicted molar refractivity (Wildman–Crippen MR) is 71.1 cm³/mol. The maximum Gasteiger partial charge on any atom is 0.335 e. The number of thioether (sulfide) groups is 1. The minimum Gasteiger partial charge on any atom is -0.481 e. The van der Waals surface area contributed by atoms with Crippen LogP contribution in [0.1, 0.15) is 35.2 Å². The fourth-order valence-corrected chi connectivity index (χ4v) is 2.39. The van der Waals surface area contributed by atoms with Gasteiger partial charge in [-0.1, -0.05) is 12.1 Å². The van der Waals surface area contributed by atoms with Crippen LogP contribution < -0.4 is 0 Å². The highest BCUT2D eigenvalue weighted by atomic mass is 32.2. The van der Waals surface area contributed by atoms with Crippen molar-refractivity contribution >= 4 is 23.7 Å². The van der Waals surface area contributed by atoms with Crippen molar-refractivity contribution in [3.8, 4) is 0 Å². The number of aliphatic carboxylic acids is 1. The molecule has 1 aromatic rings. The Balaban J connectivity index is 2.19. The minimum atomic E-state index is -0.914. The zero-order chi connectivity index (χ0) is 13.4.